The van der Waals surface area contributed by atoms with Crippen molar-refractivity contribution in [1.82, 2.24) is 0 Å². The van der Waals surface area contributed by atoms with Crippen LogP contribution in [-0.2, 0) is 23.9 Å². The van der Waals surface area contributed by atoms with Crippen molar-refractivity contribution in [1.29, 1.82) is 0 Å². The average molecular weight is 733 g/mol. The van der Waals surface area contributed by atoms with Crippen LogP contribution >= 0.6 is 0 Å². The molecular weight excluding hydrogens is 680 g/mol. The summed E-state index contributed by atoms with van der Waals surface area (Å²) >= 11 is 0. The van der Waals surface area contributed by atoms with Crippen LogP contribution in [0.15, 0.2) is 48.6 Å². The number of aliphatic hydroxyl groups excluding tert-OH is 1. The Hall–Kier alpha value is -4.51. The van der Waals surface area contributed by atoms with Crippen LogP contribution in [0, 0.1) is 46.3 Å². The molecule has 0 aromatic heterocycles. The molecule has 2 aromatic carbocycles. The standard InChI is InChI=1S/C42H52O11/c1-23(4-13-37(48)49)28-9-10-29-40-30(22-36(47)42(28,29)3)41(2)17-16-27(52-38(50)14-7-24-5-11-31(43)33(45)18-24)20-26(41)21-35(40)53-39(51)15-8-25-6-12-32(44)34(46)19-25/h5-8,11-12,14-15,18-19,23,26-30,35-36,40,43-47H,4,9-10,13,16-17,20-22H2,1-3H3,(H,48,49)/b14-7+,15-8+/t23?,26?,27-,28?,29?,30?,35-,36+,40?,41+,42-/m1/s1. The van der Waals surface area contributed by atoms with E-state index in [1.165, 1.54) is 48.6 Å². The monoisotopic (exact) mass is 732 g/mol. The normalized spacial score (nSPS) is 34.2. The van der Waals surface area contributed by atoms with Gasteiger partial charge in [-0.05, 0) is 139 Å². The van der Waals surface area contributed by atoms with Crippen LogP contribution in [0.25, 0.3) is 12.2 Å². The summed E-state index contributed by atoms with van der Waals surface area (Å²) in [6.45, 7) is 6.52. The van der Waals surface area contributed by atoms with E-state index in [1.54, 1.807) is 12.1 Å². The molecule has 11 atom stereocenters. The highest BCUT2D eigenvalue weighted by atomic mass is 16.5. The molecule has 286 valence electrons. The lowest BCUT2D eigenvalue weighted by atomic mass is 9.43. The lowest BCUT2D eigenvalue weighted by Gasteiger charge is -2.64. The Balaban J connectivity index is 1.24. The molecule has 4 saturated carbocycles. The first-order valence-electron chi connectivity index (χ1n) is 18.8. The highest BCUT2D eigenvalue weighted by Crippen LogP contribution is 2.69. The van der Waals surface area contributed by atoms with Gasteiger partial charge in [-0.2, -0.15) is 0 Å². The molecule has 4 aliphatic rings. The number of aliphatic hydroxyl groups is 1. The largest absolute Gasteiger partial charge is 0.504 e. The predicted octanol–water partition coefficient (Wildman–Crippen LogP) is 6.80. The lowest BCUT2D eigenvalue weighted by Crippen LogP contribution is -2.63. The van der Waals surface area contributed by atoms with E-state index in [-0.39, 0.29) is 76.4 Å². The van der Waals surface area contributed by atoms with Gasteiger partial charge in [0.15, 0.2) is 23.0 Å². The molecule has 11 nitrogen and oxygen atoms in total. The number of carboxylic acid groups (broad SMARTS) is 1. The summed E-state index contributed by atoms with van der Waals surface area (Å²) in [5.41, 5.74) is 0.368. The highest BCUT2D eigenvalue weighted by molar-refractivity contribution is 5.88. The summed E-state index contributed by atoms with van der Waals surface area (Å²) in [6.07, 6.45) is 9.64. The second-order valence-electron chi connectivity index (χ2n) is 16.4. The number of aromatic hydroxyl groups is 4. The topological polar surface area (TPSA) is 191 Å². The van der Waals surface area contributed by atoms with Gasteiger partial charge in [-0.25, -0.2) is 9.59 Å². The molecule has 0 amide bonds. The molecule has 6 N–H and O–H groups in total. The number of carbonyl (C=O) groups is 3. The zero-order valence-corrected chi connectivity index (χ0v) is 30.6. The molecule has 2 aromatic rings. The summed E-state index contributed by atoms with van der Waals surface area (Å²) in [6, 6.07) is 8.53. The van der Waals surface area contributed by atoms with Gasteiger partial charge >= 0.3 is 17.9 Å². The van der Waals surface area contributed by atoms with Crippen molar-refractivity contribution in [2.45, 2.75) is 96.9 Å². The van der Waals surface area contributed by atoms with E-state index >= 15 is 0 Å². The van der Waals surface area contributed by atoms with Gasteiger partial charge in [-0.15, -0.1) is 0 Å². The van der Waals surface area contributed by atoms with Crippen LogP contribution in [0.3, 0.4) is 0 Å². The van der Waals surface area contributed by atoms with Gasteiger partial charge in [-0.1, -0.05) is 32.9 Å². The number of aliphatic carboxylic acids is 1. The minimum absolute atomic E-state index is 0.0276. The second-order valence-corrected chi connectivity index (χ2v) is 16.4. The number of hydrogen-bond acceptors (Lipinski definition) is 10. The third-order valence-corrected chi connectivity index (χ3v) is 13.7. The van der Waals surface area contributed by atoms with Crippen molar-refractivity contribution >= 4 is 30.1 Å². The molecule has 6 unspecified atom stereocenters. The maximum Gasteiger partial charge on any atom is 0.331 e. The van der Waals surface area contributed by atoms with E-state index in [0.29, 0.717) is 43.2 Å². The molecule has 0 aliphatic heterocycles. The number of carboxylic acids is 1. The Morgan fingerprint density at radius 3 is 2.00 bits per heavy atom. The lowest BCUT2D eigenvalue weighted by molar-refractivity contribution is -0.216. The smallest absolute Gasteiger partial charge is 0.331 e. The van der Waals surface area contributed by atoms with Gasteiger partial charge in [0.1, 0.15) is 12.2 Å². The zero-order chi connectivity index (χ0) is 38.2. The Bertz CT molecular complexity index is 1770. The molecule has 0 heterocycles. The number of carbonyl (C=O) groups excluding carboxylic acids is 2. The Labute approximate surface area is 310 Å². The van der Waals surface area contributed by atoms with E-state index in [1.807, 2.05) is 0 Å². The van der Waals surface area contributed by atoms with Gasteiger partial charge in [0, 0.05) is 24.5 Å². The molecule has 0 radical (unpaired) electrons. The molecule has 0 saturated heterocycles. The molecule has 6 rings (SSSR count). The van der Waals surface area contributed by atoms with Gasteiger partial charge < -0.3 is 40.1 Å². The van der Waals surface area contributed by atoms with Gasteiger partial charge in [0.05, 0.1) is 6.10 Å². The number of phenolic OH excluding ortho intramolecular Hbond substituents is 4. The number of fused-ring (bicyclic) bond motifs is 5. The van der Waals surface area contributed by atoms with Crippen LogP contribution in [0.2, 0.25) is 0 Å². The van der Waals surface area contributed by atoms with Crippen molar-refractivity contribution in [2.24, 2.45) is 46.3 Å². The van der Waals surface area contributed by atoms with Crippen molar-refractivity contribution < 1.29 is 54.5 Å². The van der Waals surface area contributed by atoms with Gasteiger partial charge in [0.25, 0.3) is 0 Å². The number of phenols is 4. The summed E-state index contributed by atoms with van der Waals surface area (Å²) in [5.74, 6) is -2.66. The quantitative estimate of drug-likeness (QED) is 0.0856. The fourth-order valence-electron chi connectivity index (χ4n) is 10.9. The summed E-state index contributed by atoms with van der Waals surface area (Å²) in [7, 11) is 0. The molecule has 4 fully saturated rings. The van der Waals surface area contributed by atoms with E-state index in [0.717, 1.165) is 19.3 Å². The van der Waals surface area contributed by atoms with Crippen molar-refractivity contribution in [3.05, 3.63) is 59.7 Å². The molecule has 0 bridgehead atoms. The van der Waals surface area contributed by atoms with Gasteiger partial charge in [-0.3, -0.25) is 4.79 Å². The summed E-state index contributed by atoms with van der Waals surface area (Å²) in [5, 5.41) is 60.4. The van der Waals surface area contributed by atoms with Crippen LogP contribution in [0.5, 0.6) is 23.0 Å². The van der Waals surface area contributed by atoms with Gasteiger partial charge in [0.2, 0.25) is 0 Å². The SMILES string of the molecule is CC(CCC(=O)O)C1CCC2C3C(C[C@H](O)[C@]12C)[C@@]1(C)CC[C@@H](OC(=O)/C=C/c2ccc(O)c(O)c2)CC1C[C@H]3OC(=O)/C=C/c1ccc(O)c(O)c1. The van der Waals surface area contributed by atoms with Crippen molar-refractivity contribution in [2.75, 3.05) is 0 Å². The third-order valence-electron chi connectivity index (χ3n) is 13.7. The average Bonchev–Trinajstić information content (AvgIpc) is 3.47. The van der Waals surface area contributed by atoms with E-state index < -0.39 is 35.5 Å². The van der Waals surface area contributed by atoms with Crippen molar-refractivity contribution in [3.63, 3.8) is 0 Å². The minimum Gasteiger partial charge on any atom is -0.504 e. The second kappa shape index (κ2) is 15.1. The number of hydrogen-bond donors (Lipinski definition) is 6. The zero-order valence-electron chi connectivity index (χ0n) is 30.6. The van der Waals surface area contributed by atoms with Crippen LogP contribution < -0.4 is 0 Å². The fourth-order valence-corrected chi connectivity index (χ4v) is 10.9. The number of benzene rings is 2. The first-order valence-corrected chi connectivity index (χ1v) is 18.8. The number of rotatable bonds is 10. The first-order chi connectivity index (χ1) is 25.1. The van der Waals surface area contributed by atoms with Crippen molar-refractivity contribution in [3.8, 4) is 23.0 Å². The minimum atomic E-state index is -0.829. The maximum atomic E-state index is 13.5. The molecule has 11 heteroatoms. The summed E-state index contributed by atoms with van der Waals surface area (Å²) in [4.78, 5) is 37.9. The van der Waals surface area contributed by atoms with E-state index in [4.69, 9.17) is 9.47 Å². The highest BCUT2D eigenvalue weighted by Gasteiger charge is 2.66. The molecular formula is C42H52O11. The van der Waals surface area contributed by atoms with E-state index in [2.05, 4.69) is 20.8 Å². The summed E-state index contributed by atoms with van der Waals surface area (Å²) < 4.78 is 12.3. The molecule has 0 spiro atoms. The number of ether oxygens (including phenoxy) is 2. The Kier molecular flexibility index (Phi) is 10.9. The number of esters is 2. The fraction of sp³-hybridized carbons (Fsp3) is 0.548. The van der Waals surface area contributed by atoms with Crippen LogP contribution in [-0.4, -0.2) is 66.9 Å². The van der Waals surface area contributed by atoms with Crippen LogP contribution in [0.1, 0.15) is 89.7 Å². The predicted molar refractivity (Wildman–Crippen MR) is 195 cm³/mol. The van der Waals surface area contributed by atoms with E-state index in [9.17, 15) is 45.0 Å². The molecule has 4 aliphatic carbocycles. The third kappa shape index (κ3) is 7.63. The maximum absolute atomic E-state index is 13.5. The molecule has 53 heavy (non-hydrogen) atoms. The Morgan fingerprint density at radius 2 is 1.42 bits per heavy atom. The van der Waals surface area contributed by atoms with Crippen LogP contribution in [0.4, 0.5) is 0 Å². The Morgan fingerprint density at radius 1 is 0.811 bits per heavy atom. The first kappa shape index (κ1) is 38.2.